The van der Waals surface area contributed by atoms with Crippen LogP contribution >= 0.6 is 31.9 Å². The molecule has 9 heteroatoms. The number of ether oxygens (including phenoxy) is 3. The molecule has 0 saturated heterocycles. The molecule has 0 fully saturated rings. The molecule has 0 saturated carbocycles. The third-order valence-corrected chi connectivity index (χ3v) is 23.6. The first-order valence-electron chi connectivity index (χ1n) is 40.9. The van der Waals surface area contributed by atoms with E-state index in [1.807, 2.05) is 25.7 Å². The Morgan fingerprint density at radius 2 is 0.612 bits per heavy atom. The zero-order chi connectivity index (χ0) is 69.4. The van der Waals surface area contributed by atoms with Gasteiger partial charge in [0.15, 0.2) is 6.29 Å². The van der Waals surface area contributed by atoms with Crippen LogP contribution in [0.15, 0.2) is 92.9 Å². The Bertz CT molecular complexity index is 3070. The normalized spacial score (nSPS) is 15.0. The molecule has 2 aliphatic heterocycles. The maximum absolute atomic E-state index is 16.4. The quantitative estimate of drug-likeness (QED) is 0.0325. The summed E-state index contributed by atoms with van der Waals surface area (Å²) in [6.45, 7) is 16.7. The van der Waals surface area contributed by atoms with Crippen LogP contribution < -0.4 is 0 Å². The van der Waals surface area contributed by atoms with Crippen molar-refractivity contribution in [1.29, 1.82) is 0 Å². The highest BCUT2D eigenvalue weighted by molar-refractivity contribution is 9.10. The van der Waals surface area contributed by atoms with Crippen molar-refractivity contribution in [2.45, 2.75) is 348 Å². The highest BCUT2D eigenvalue weighted by Gasteiger charge is 2.52. The van der Waals surface area contributed by atoms with Gasteiger partial charge in [-0.3, -0.25) is 14.5 Å². The summed E-state index contributed by atoms with van der Waals surface area (Å²) in [7, 11) is 0. The van der Waals surface area contributed by atoms with Crippen LogP contribution in [0.1, 0.15) is 364 Å². The predicted octanol–water partition coefficient (Wildman–Crippen LogP) is 27.2. The van der Waals surface area contributed by atoms with Crippen molar-refractivity contribution in [1.82, 2.24) is 9.80 Å². The fourth-order valence-corrected chi connectivity index (χ4v) is 18.1. The van der Waals surface area contributed by atoms with Gasteiger partial charge in [-0.25, -0.2) is 0 Å². The number of fused-ring (bicyclic) bond motifs is 7. The average molecular weight is 1470 g/mol. The van der Waals surface area contributed by atoms with E-state index >= 15 is 9.59 Å². The Labute approximate surface area is 614 Å². The van der Waals surface area contributed by atoms with Crippen LogP contribution in [0, 0.1) is 0 Å². The summed E-state index contributed by atoms with van der Waals surface area (Å²) in [4.78, 5) is 36.2. The maximum Gasteiger partial charge on any atom is 0.263 e. The van der Waals surface area contributed by atoms with Gasteiger partial charge in [0.25, 0.3) is 11.8 Å². The van der Waals surface area contributed by atoms with Gasteiger partial charge in [-0.1, -0.05) is 353 Å². The number of rotatable bonds is 55. The first kappa shape index (κ1) is 79.8. The summed E-state index contributed by atoms with van der Waals surface area (Å²) in [5, 5.41) is 0. The van der Waals surface area contributed by atoms with Crippen LogP contribution in [-0.2, 0) is 34.6 Å². The van der Waals surface area contributed by atoms with Crippen LogP contribution in [-0.4, -0.2) is 61.0 Å². The van der Waals surface area contributed by atoms with Crippen LogP contribution in [0.5, 0.6) is 0 Å². The zero-order valence-corrected chi connectivity index (χ0v) is 66.0. The number of halogens is 2. The lowest BCUT2D eigenvalue weighted by Crippen LogP contribution is -2.38. The number of hydrogen-bond acceptors (Lipinski definition) is 5. The minimum absolute atomic E-state index is 0.0422. The lowest BCUT2D eigenvalue weighted by atomic mass is 9.70. The Morgan fingerprint density at radius 1 is 0.337 bits per heavy atom. The third kappa shape index (κ3) is 21.2. The molecule has 2 aliphatic carbocycles. The van der Waals surface area contributed by atoms with Crippen molar-refractivity contribution in [3.05, 3.63) is 126 Å². The molecule has 542 valence electrons. The molecule has 4 aromatic rings. The second-order valence-electron chi connectivity index (χ2n) is 29.9. The van der Waals surface area contributed by atoms with Gasteiger partial charge in [0.2, 0.25) is 0 Å². The molecule has 0 unspecified atom stereocenters. The topological polar surface area (TPSA) is 68.3 Å². The summed E-state index contributed by atoms with van der Waals surface area (Å²) < 4.78 is 21.3. The number of amides is 2. The highest BCUT2D eigenvalue weighted by Crippen LogP contribution is 2.59. The van der Waals surface area contributed by atoms with E-state index in [1.165, 1.54) is 276 Å². The van der Waals surface area contributed by atoms with Gasteiger partial charge in [-0.05, 0) is 138 Å². The summed E-state index contributed by atoms with van der Waals surface area (Å²) in [6.07, 6.45) is 55.4. The van der Waals surface area contributed by atoms with E-state index in [9.17, 15) is 0 Å². The Hall–Kier alpha value is -3.86. The molecule has 7 nitrogen and oxygen atoms in total. The van der Waals surface area contributed by atoms with E-state index in [1.54, 1.807) is 4.90 Å². The molecule has 2 heterocycles. The van der Waals surface area contributed by atoms with E-state index in [2.05, 4.69) is 132 Å². The first-order valence-corrected chi connectivity index (χ1v) is 42.5. The van der Waals surface area contributed by atoms with Crippen molar-refractivity contribution >= 4 is 55.1 Å². The monoisotopic (exact) mass is 1470 g/mol. The lowest BCUT2D eigenvalue weighted by Gasteiger charge is -2.34. The molecule has 4 aromatic carbocycles. The SMILES string of the molecule is CCCCCCCCCCCCC1(CCCCCCCCCCCC)c2cc(Br)ccc2-c2ccc(C3=C4C(=O)N(CC(OCC)OCC)C(c5ccc6c(c5)C(CCCCCCCCCCCC)(CCCCCCCCCCCC)c5cc(Br)ccc5-6)=C4C(=O)N3COCC)cc21. The highest BCUT2D eigenvalue weighted by atomic mass is 79.9. The molecule has 0 bridgehead atoms. The van der Waals surface area contributed by atoms with E-state index in [4.69, 9.17) is 14.2 Å². The molecule has 98 heavy (non-hydrogen) atoms. The van der Waals surface area contributed by atoms with Crippen LogP contribution in [0.4, 0.5) is 0 Å². The molecule has 8 rings (SSSR count). The van der Waals surface area contributed by atoms with Crippen LogP contribution in [0.2, 0.25) is 0 Å². The van der Waals surface area contributed by atoms with Crippen molar-refractivity contribution in [3.63, 3.8) is 0 Å². The van der Waals surface area contributed by atoms with Gasteiger partial charge in [0.05, 0.1) is 29.1 Å². The number of carbonyl (C=O) groups is 2. The Kier molecular flexibility index (Phi) is 35.3. The molecule has 0 aromatic heterocycles. The molecule has 0 spiro atoms. The number of hydrogen-bond donors (Lipinski definition) is 0. The summed E-state index contributed by atoms with van der Waals surface area (Å²) >= 11 is 7.99. The Balaban J connectivity index is 1.22. The fraction of sp³-hybridized carbons (Fsp3) is 0.663. The second kappa shape index (κ2) is 43.3. The minimum atomic E-state index is -0.695. The molecular weight excluding hydrogens is 1340 g/mol. The van der Waals surface area contributed by atoms with E-state index in [-0.39, 0.29) is 35.9 Å². The lowest BCUT2D eigenvalue weighted by molar-refractivity contribution is -0.150. The van der Waals surface area contributed by atoms with Gasteiger partial charge in [0, 0.05) is 39.6 Å². The maximum atomic E-state index is 16.4. The molecular formula is C89H132Br2N2O5. The van der Waals surface area contributed by atoms with Gasteiger partial charge in [0.1, 0.15) is 6.73 Å². The van der Waals surface area contributed by atoms with Crippen molar-refractivity contribution in [3.8, 4) is 22.3 Å². The van der Waals surface area contributed by atoms with Gasteiger partial charge in [-0.15, -0.1) is 0 Å². The molecule has 4 aliphatic rings. The largest absolute Gasteiger partial charge is 0.361 e. The second-order valence-corrected chi connectivity index (χ2v) is 31.7. The summed E-state index contributed by atoms with van der Waals surface area (Å²) in [5.74, 6) is -0.380. The number of unbranched alkanes of at least 4 members (excludes halogenated alkanes) is 36. The predicted molar refractivity (Wildman–Crippen MR) is 422 cm³/mol. The standard InChI is InChI=1S/C89H132Br2N2O5/c1-8-15-19-23-27-31-35-39-43-47-59-88(60-48-44-40-36-32-28-24-20-16-9-2)77-63-69(51-55-73(77)75-57-53-71(90)65-79(75)88)84-82-83(86(94)92(84)67-81(97-13-6)98-14-7)85(93(87(82)95)68-96-12-5)70-52-56-74-76-58-54-72(91)66-80(76)89(78(74)64-70,61-49-45-41-37-33-29-25-21-17-10-3)62-50-46-42-38-34-30-26-22-18-11-4/h51-58,63-66,81H,8-50,59-62,67-68H2,1-7H3. The van der Waals surface area contributed by atoms with Crippen molar-refractivity contribution in [2.24, 2.45) is 0 Å². The smallest absolute Gasteiger partial charge is 0.263 e. The van der Waals surface area contributed by atoms with E-state index < -0.39 is 6.29 Å². The molecule has 2 amide bonds. The first-order chi connectivity index (χ1) is 48.1. The van der Waals surface area contributed by atoms with Gasteiger partial charge < -0.3 is 19.1 Å². The number of nitrogens with zero attached hydrogens (tertiary/aromatic N) is 2. The van der Waals surface area contributed by atoms with Crippen LogP contribution in [0.25, 0.3) is 33.6 Å². The van der Waals surface area contributed by atoms with Gasteiger partial charge >= 0.3 is 0 Å². The van der Waals surface area contributed by atoms with Crippen molar-refractivity contribution < 1.29 is 23.8 Å². The summed E-state index contributed by atoms with van der Waals surface area (Å²) in [6, 6.07) is 27.9. The molecule has 0 N–H and O–H groups in total. The molecule has 0 atom stereocenters. The Morgan fingerprint density at radius 3 is 0.918 bits per heavy atom. The number of carbonyl (C=O) groups excluding carboxylic acids is 2. The van der Waals surface area contributed by atoms with Crippen LogP contribution in [0.3, 0.4) is 0 Å². The summed E-state index contributed by atoms with van der Waals surface area (Å²) in [5.41, 5.74) is 14.2. The number of benzene rings is 4. The zero-order valence-electron chi connectivity index (χ0n) is 62.8. The van der Waals surface area contributed by atoms with Gasteiger partial charge in [-0.2, -0.15) is 0 Å². The van der Waals surface area contributed by atoms with E-state index in [0.717, 1.165) is 71.4 Å². The third-order valence-electron chi connectivity index (χ3n) is 22.7. The average Bonchev–Trinajstić information content (AvgIpc) is 1.55. The molecule has 0 radical (unpaired) electrons. The van der Waals surface area contributed by atoms with Crippen molar-refractivity contribution in [2.75, 3.05) is 33.1 Å². The minimum Gasteiger partial charge on any atom is -0.361 e. The fourth-order valence-electron chi connectivity index (χ4n) is 17.4. The van der Waals surface area contributed by atoms with E-state index in [0.29, 0.717) is 42.4 Å².